The van der Waals surface area contributed by atoms with Crippen LogP contribution in [0.4, 0.5) is 5.95 Å². The van der Waals surface area contributed by atoms with Crippen LogP contribution in [0.25, 0.3) is 0 Å². The molecule has 1 heterocycles. The van der Waals surface area contributed by atoms with E-state index in [1.54, 1.807) is 12.3 Å². The first-order valence-electron chi connectivity index (χ1n) is 5.52. The van der Waals surface area contributed by atoms with E-state index in [9.17, 15) is 0 Å². The predicted octanol–water partition coefficient (Wildman–Crippen LogP) is 2.69. The molecule has 5 heteroatoms. The number of unbranched alkanes of at least 4 members (excludes halogenated alkanes) is 1. The Morgan fingerprint density at radius 3 is 2.94 bits per heavy atom. The predicted molar refractivity (Wildman–Crippen MR) is 66.2 cm³/mol. The van der Waals surface area contributed by atoms with Crippen LogP contribution in [0.2, 0.25) is 0 Å². The van der Waals surface area contributed by atoms with Crippen molar-refractivity contribution in [1.82, 2.24) is 9.97 Å². The molecule has 0 saturated heterocycles. The summed E-state index contributed by atoms with van der Waals surface area (Å²) in [7, 11) is 0. The summed E-state index contributed by atoms with van der Waals surface area (Å²) in [6, 6.07) is 1.75. The van der Waals surface area contributed by atoms with E-state index in [1.165, 1.54) is 0 Å². The smallest absolute Gasteiger partial charge is 0.225 e. The number of alkyl halides is 1. The summed E-state index contributed by atoms with van der Waals surface area (Å²) in [5.41, 5.74) is 0. The van der Waals surface area contributed by atoms with Gasteiger partial charge in [0.1, 0.15) is 0 Å². The van der Waals surface area contributed by atoms with E-state index in [0.717, 1.165) is 19.4 Å². The van der Waals surface area contributed by atoms with E-state index in [1.807, 2.05) is 13.8 Å². The number of anilines is 1. The number of aromatic nitrogens is 2. The minimum absolute atomic E-state index is 0.124. The summed E-state index contributed by atoms with van der Waals surface area (Å²) in [4.78, 5) is 8.34. The molecule has 0 spiro atoms. The van der Waals surface area contributed by atoms with E-state index in [4.69, 9.17) is 16.3 Å². The first-order chi connectivity index (χ1) is 7.72. The third-order valence-corrected chi connectivity index (χ3v) is 2.10. The second-order valence-electron chi connectivity index (χ2n) is 3.71. The molecule has 90 valence electrons. The lowest BCUT2D eigenvalue weighted by molar-refractivity contribution is 0.232. The fraction of sp³-hybridized carbons (Fsp3) is 0.636. The molecule has 0 bridgehead atoms. The molecule has 0 atom stereocenters. The lowest BCUT2D eigenvalue weighted by atomic mass is 10.3. The number of nitrogens with zero attached hydrogens (tertiary/aromatic N) is 2. The van der Waals surface area contributed by atoms with Gasteiger partial charge in [0, 0.05) is 24.7 Å². The maximum absolute atomic E-state index is 5.59. The molecule has 0 aliphatic rings. The standard InChI is InChI=1S/C11H18ClN3O/c1-9(2)16-10-5-8-14-11(15-10)13-7-4-3-6-12/h5,8-9H,3-4,6-7H2,1-2H3,(H,13,14,15). The van der Waals surface area contributed by atoms with Crippen molar-refractivity contribution in [3.63, 3.8) is 0 Å². The number of rotatable bonds is 7. The van der Waals surface area contributed by atoms with E-state index in [-0.39, 0.29) is 6.10 Å². The molecule has 1 aromatic rings. The Morgan fingerprint density at radius 2 is 2.25 bits per heavy atom. The van der Waals surface area contributed by atoms with Gasteiger partial charge in [-0.1, -0.05) is 0 Å². The topological polar surface area (TPSA) is 47.0 Å². The second-order valence-corrected chi connectivity index (χ2v) is 4.09. The number of ether oxygens (including phenoxy) is 1. The Morgan fingerprint density at radius 1 is 1.44 bits per heavy atom. The quantitative estimate of drug-likeness (QED) is 0.591. The van der Waals surface area contributed by atoms with E-state index < -0.39 is 0 Å². The molecule has 1 N–H and O–H groups in total. The Hall–Kier alpha value is -1.03. The van der Waals surface area contributed by atoms with Gasteiger partial charge in [0.25, 0.3) is 0 Å². The van der Waals surface area contributed by atoms with Gasteiger partial charge >= 0.3 is 0 Å². The summed E-state index contributed by atoms with van der Waals surface area (Å²) in [5, 5.41) is 3.13. The van der Waals surface area contributed by atoms with E-state index >= 15 is 0 Å². The molecule has 0 aliphatic heterocycles. The first-order valence-corrected chi connectivity index (χ1v) is 6.05. The van der Waals surface area contributed by atoms with Gasteiger partial charge < -0.3 is 10.1 Å². The summed E-state index contributed by atoms with van der Waals surface area (Å²) in [5.74, 6) is 1.90. The van der Waals surface area contributed by atoms with Crippen molar-refractivity contribution in [2.75, 3.05) is 17.7 Å². The molecule has 1 aromatic heterocycles. The van der Waals surface area contributed by atoms with Gasteiger partial charge in [-0.15, -0.1) is 11.6 Å². The number of hydrogen-bond acceptors (Lipinski definition) is 4. The minimum Gasteiger partial charge on any atom is -0.475 e. The summed E-state index contributed by atoms with van der Waals surface area (Å²) in [6.45, 7) is 4.77. The molecule has 4 nitrogen and oxygen atoms in total. The molecule has 0 unspecified atom stereocenters. The van der Waals surface area contributed by atoms with Crippen molar-refractivity contribution in [1.29, 1.82) is 0 Å². The van der Waals surface area contributed by atoms with Crippen LogP contribution in [0.3, 0.4) is 0 Å². The number of hydrogen-bond donors (Lipinski definition) is 1. The highest BCUT2D eigenvalue weighted by atomic mass is 35.5. The van der Waals surface area contributed by atoms with Crippen LogP contribution in [0.5, 0.6) is 5.88 Å². The molecule has 0 saturated carbocycles. The third kappa shape index (κ3) is 5.16. The van der Waals surface area contributed by atoms with Gasteiger partial charge in [0.15, 0.2) is 0 Å². The van der Waals surface area contributed by atoms with Gasteiger partial charge in [0.2, 0.25) is 11.8 Å². The van der Waals surface area contributed by atoms with Crippen molar-refractivity contribution >= 4 is 17.5 Å². The van der Waals surface area contributed by atoms with Crippen molar-refractivity contribution in [2.45, 2.75) is 32.8 Å². The zero-order valence-corrected chi connectivity index (χ0v) is 10.5. The van der Waals surface area contributed by atoms with Gasteiger partial charge in [-0.3, -0.25) is 0 Å². The number of nitrogens with one attached hydrogen (secondary N) is 1. The highest BCUT2D eigenvalue weighted by Gasteiger charge is 2.01. The normalized spacial score (nSPS) is 10.5. The van der Waals surface area contributed by atoms with Crippen LogP contribution in [0.15, 0.2) is 12.3 Å². The average molecular weight is 244 g/mol. The Balaban J connectivity index is 2.41. The van der Waals surface area contributed by atoms with Crippen molar-refractivity contribution < 1.29 is 4.74 Å². The SMILES string of the molecule is CC(C)Oc1ccnc(NCCCCCl)n1. The lowest BCUT2D eigenvalue weighted by Crippen LogP contribution is -2.10. The molecule has 0 fully saturated rings. The molecular weight excluding hydrogens is 226 g/mol. The summed E-state index contributed by atoms with van der Waals surface area (Å²) < 4.78 is 5.47. The fourth-order valence-electron chi connectivity index (χ4n) is 1.15. The molecule has 16 heavy (non-hydrogen) atoms. The molecular formula is C11H18ClN3O. The lowest BCUT2D eigenvalue weighted by Gasteiger charge is -2.09. The van der Waals surface area contributed by atoms with Crippen LogP contribution < -0.4 is 10.1 Å². The monoisotopic (exact) mass is 243 g/mol. The molecule has 0 amide bonds. The highest BCUT2D eigenvalue weighted by molar-refractivity contribution is 6.17. The zero-order valence-electron chi connectivity index (χ0n) is 9.74. The van der Waals surface area contributed by atoms with Crippen molar-refractivity contribution in [3.05, 3.63) is 12.3 Å². The minimum atomic E-state index is 0.124. The van der Waals surface area contributed by atoms with Gasteiger partial charge in [-0.25, -0.2) is 4.98 Å². The van der Waals surface area contributed by atoms with Crippen molar-refractivity contribution in [3.8, 4) is 5.88 Å². The van der Waals surface area contributed by atoms with Gasteiger partial charge in [0.05, 0.1) is 6.10 Å². The number of halogens is 1. The van der Waals surface area contributed by atoms with Crippen LogP contribution >= 0.6 is 11.6 Å². The van der Waals surface area contributed by atoms with Crippen molar-refractivity contribution in [2.24, 2.45) is 0 Å². The van der Waals surface area contributed by atoms with Crippen LogP contribution in [0.1, 0.15) is 26.7 Å². The largest absolute Gasteiger partial charge is 0.475 e. The van der Waals surface area contributed by atoms with E-state index in [0.29, 0.717) is 17.7 Å². The fourth-order valence-corrected chi connectivity index (χ4v) is 1.34. The summed E-state index contributed by atoms with van der Waals surface area (Å²) in [6.07, 6.45) is 3.83. The molecule has 0 radical (unpaired) electrons. The second kappa shape index (κ2) is 7.28. The molecule has 0 aromatic carbocycles. The zero-order chi connectivity index (χ0) is 11.8. The Kier molecular flexibility index (Phi) is 5.93. The van der Waals surface area contributed by atoms with Gasteiger partial charge in [-0.2, -0.15) is 4.98 Å². The Labute approximate surface area is 101 Å². The van der Waals surface area contributed by atoms with Crippen LogP contribution in [0, 0.1) is 0 Å². The first kappa shape index (κ1) is 13.0. The maximum Gasteiger partial charge on any atom is 0.225 e. The molecule has 1 rings (SSSR count). The molecule has 0 aliphatic carbocycles. The average Bonchev–Trinajstić information content (AvgIpc) is 2.24. The van der Waals surface area contributed by atoms with Gasteiger partial charge in [-0.05, 0) is 26.7 Å². The van der Waals surface area contributed by atoms with Crippen LogP contribution in [-0.2, 0) is 0 Å². The van der Waals surface area contributed by atoms with E-state index in [2.05, 4.69) is 15.3 Å². The third-order valence-electron chi connectivity index (χ3n) is 1.83. The maximum atomic E-state index is 5.59. The Bertz CT molecular complexity index is 307. The highest BCUT2D eigenvalue weighted by Crippen LogP contribution is 2.10. The van der Waals surface area contributed by atoms with Crippen LogP contribution in [-0.4, -0.2) is 28.5 Å². The summed E-state index contributed by atoms with van der Waals surface area (Å²) >= 11 is 5.59.